The fourth-order valence-electron chi connectivity index (χ4n) is 2.69. The Hall–Kier alpha value is -1.30. The Balaban J connectivity index is 1.60. The second kappa shape index (κ2) is 5.60. The summed E-state index contributed by atoms with van der Waals surface area (Å²) in [5.41, 5.74) is 2.13. The molecule has 0 spiro atoms. The highest BCUT2D eigenvalue weighted by Gasteiger charge is 2.37. The van der Waals surface area contributed by atoms with Crippen LogP contribution >= 0.6 is 11.8 Å². The first-order valence-electron chi connectivity index (χ1n) is 7.06. The number of anilines is 1. The van der Waals surface area contributed by atoms with Crippen LogP contribution in [0.15, 0.2) is 6.33 Å². The molecule has 2 saturated heterocycles. The zero-order valence-electron chi connectivity index (χ0n) is 12.0. The number of carbonyl (C=O) groups excluding carboxylic acids is 1. The minimum Gasteiger partial charge on any atom is -0.355 e. The Bertz CT molecular complexity index is 510. The molecule has 6 heteroatoms. The Morgan fingerprint density at radius 3 is 2.65 bits per heavy atom. The summed E-state index contributed by atoms with van der Waals surface area (Å²) in [5.74, 6) is 3.60. The highest BCUT2D eigenvalue weighted by molar-refractivity contribution is 7.99. The van der Waals surface area contributed by atoms with Gasteiger partial charge in [-0.05, 0) is 13.8 Å². The molecule has 0 bridgehead atoms. The average Bonchev–Trinajstić information content (AvgIpc) is 2.42. The molecule has 0 aromatic carbocycles. The lowest BCUT2D eigenvalue weighted by Gasteiger charge is -2.42. The Kier molecular flexibility index (Phi) is 3.83. The third-order valence-electron chi connectivity index (χ3n) is 4.16. The molecule has 108 valence electrons. The van der Waals surface area contributed by atoms with Crippen LogP contribution in [0.3, 0.4) is 0 Å². The van der Waals surface area contributed by atoms with E-state index in [1.165, 1.54) is 0 Å². The van der Waals surface area contributed by atoms with Crippen molar-refractivity contribution >= 4 is 23.5 Å². The summed E-state index contributed by atoms with van der Waals surface area (Å²) >= 11 is 1.93. The normalized spacial score (nSPS) is 19.9. The number of amides is 1. The van der Waals surface area contributed by atoms with E-state index in [1.807, 2.05) is 30.5 Å². The van der Waals surface area contributed by atoms with E-state index in [9.17, 15) is 4.79 Å². The van der Waals surface area contributed by atoms with Crippen LogP contribution < -0.4 is 4.90 Å². The number of hydrogen-bond donors (Lipinski definition) is 0. The summed E-state index contributed by atoms with van der Waals surface area (Å²) < 4.78 is 0. The largest absolute Gasteiger partial charge is 0.355 e. The summed E-state index contributed by atoms with van der Waals surface area (Å²) in [6.45, 7) is 7.44. The molecule has 1 aromatic heterocycles. The summed E-state index contributed by atoms with van der Waals surface area (Å²) in [4.78, 5) is 25.1. The van der Waals surface area contributed by atoms with E-state index in [0.29, 0.717) is 5.91 Å². The first-order chi connectivity index (χ1) is 9.66. The van der Waals surface area contributed by atoms with E-state index < -0.39 is 0 Å². The lowest BCUT2D eigenvalue weighted by molar-refractivity contribution is -0.135. The van der Waals surface area contributed by atoms with Crippen LogP contribution in [0.5, 0.6) is 0 Å². The maximum atomic E-state index is 12.4. The maximum Gasteiger partial charge on any atom is 0.229 e. The smallest absolute Gasteiger partial charge is 0.229 e. The molecule has 3 rings (SSSR count). The van der Waals surface area contributed by atoms with Crippen LogP contribution in [0, 0.1) is 19.8 Å². The van der Waals surface area contributed by atoms with Gasteiger partial charge in [0, 0.05) is 48.9 Å². The molecule has 0 unspecified atom stereocenters. The number of rotatable bonds is 2. The van der Waals surface area contributed by atoms with E-state index in [-0.39, 0.29) is 5.92 Å². The summed E-state index contributed by atoms with van der Waals surface area (Å²) in [6, 6.07) is 0. The predicted molar refractivity (Wildman–Crippen MR) is 81.1 cm³/mol. The standard InChI is InChI=1S/C14H20N4OS/c1-10-11(2)15-9-16-13(10)18-7-12(8-18)14(19)17-3-5-20-6-4-17/h9,12H,3-8H2,1-2H3. The van der Waals surface area contributed by atoms with Gasteiger partial charge in [-0.25, -0.2) is 9.97 Å². The number of carbonyl (C=O) groups is 1. The first-order valence-corrected chi connectivity index (χ1v) is 8.22. The van der Waals surface area contributed by atoms with E-state index >= 15 is 0 Å². The molecule has 0 saturated carbocycles. The van der Waals surface area contributed by atoms with Gasteiger partial charge < -0.3 is 9.80 Å². The van der Waals surface area contributed by atoms with Crippen molar-refractivity contribution in [3.63, 3.8) is 0 Å². The highest BCUT2D eigenvalue weighted by Crippen LogP contribution is 2.28. The summed E-state index contributed by atoms with van der Waals surface area (Å²) in [5, 5.41) is 0. The SMILES string of the molecule is Cc1ncnc(N2CC(C(=O)N3CCSCC3)C2)c1C. The molecular weight excluding hydrogens is 272 g/mol. The molecule has 0 radical (unpaired) electrons. The third kappa shape index (κ3) is 2.49. The van der Waals surface area contributed by atoms with E-state index in [1.54, 1.807) is 6.33 Å². The molecule has 0 atom stereocenters. The average molecular weight is 292 g/mol. The van der Waals surface area contributed by atoms with Crippen LogP contribution in [-0.2, 0) is 4.79 Å². The van der Waals surface area contributed by atoms with Crippen molar-refractivity contribution in [3.8, 4) is 0 Å². The minimum atomic E-state index is 0.146. The minimum absolute atomic E-state index is 0.146. The monoisotopic (exact) mass is 292 g/mol. The van der Waals surface area contributed by atoms with Crippen molar-refractivity contribution in [2.45, 2.75) is 13.8 Å². The lowest BCUT2D eigenvalue weighted by Crippen LogP contribution is -2.56. The molecule has 5 nitrogen and oxygen atoms in total. The van der Waals surface area contributed by atoms with Crippen molar-refractivity contribution in [1.29, 1.82) is 0 Å². The second-order valence-corrected chi connectivity index (χ2v) is 6.67. The fraction of sp³-hybridized carbons (Fsp3) is 0.643. The molecule has 3 heterocycles. The fourth-order valence-corrected chi connectivity index (χ4v) is 3.60. The van der Waals surface area contributed by atoms with Gasteiger partial charge in [-0.15, -0.1) is 0 Å². The zero-order valence-corrected chi connectivity index (χ0v) is 12.8. The number of aryl methyl sites for hydroxylation is 1. The predicted octanol–water partition coefficient (Wildman–Crippen LogP) is 1.11. The van der Waals surface area contributed by atoms with Crippen LogP contribution in [0.2, 0.25) is 0 Å². The van der Waals surface area contributed by atoms with Crippen LogP contribution in [0.4, 0.5) is 5.82 Å². The zero-order chi connectivity index (χ0) is 14.1. The van der Waals surface area contributed by atoms with Gasteiger partial charge in [0.1, 0.15) is 12.1 Å². The molecule has 2 fully saturated rings. The van der Waals surface area contributed by atoms with E-state index in [0.717, 1.165) is 54.8 Å². The Morgan fingerprint density at radius 1 is 1.25 bits per heavy atom. The molecule has 0 aliphatic carbocycles. The molecular formula is C14H20N4OS. The molecule has 1 amide bonds. The van der Waals surface area contributed by atoms with Crippen molar-refractivity contribution in [2.24, 2.45) is 5.92 Å². The second-order valence-electron chi connectivity index (χ2n) is 5.45. The molecule has 2 aliphatic heterocycles. The van der Waals surface area contributed by atoms with Crippen molar-refractivity contribution < 1.29 is 4.79 Å². The van der Waals surface area contributed by atoms with Crippen molar-refractivity contribution in [1.82, 2.24) is 14.9 Å². The first kappa shape index (κ1) is 13.7. The third-order valence-corrected chi connectivity index (χ3v) is 5.11. The van der Waals surface area contributed by atoms with Crippen LogP contribution in [0.25, 0.3) is 0 Å². The molecule has 1 aromatic rings. The van der Waals surface area contributed by atoms with Crippen LogP contribution in [0.1, 0.15) is 11.3 Å². The number of nitrogens with zero attached hydrogens (tertiary/aromatic N) is 4. The topological polar surface area (TPSA) is 49.3 Å². The van der Waals surface area contributed by atoms with E-state index in [4.69, 9.17) is 0 Å². The highest BCUT2D eigenvalue weighted by atomic mass is 32.2. The molecule has 0 N–H and O–H groups in total. The van der Waals surface area contributed by atoms with Gasteiger partial charge >= 0.3 is 0 Å². The van der Waals surface area contributed by atoms with Crippen molar-refractivity contribution in [2.75, 3.05) is 42.6 Å². The summed E-state index contributed by atoms with van der Waals surface area (Å²) in [7, 11) is 0. The maximum absolute atomic E-state index is 12.4. The number of thioether (sulfide) groups is 1. The lowest BCUT2D eigenvalue weighted by atomic mass is 9.97. The van der Waals surface area contributed by atoms with Gasteiger partial charge in [0.05, 0.1) is 5.92 Å². The van der Waals surface area contributed by atoms with Gasteiger partial charge in [-0.3, -0.25) is 4.79 Å². The van der Waals surface area contributed by atoms with Gasteiger partial charge in [0.15, 0.2) is 0 Å². The molecule has 20 heavy (non-hydrogen) atoms. The Morgan fingerprint density at radius 2 is 1.95 bits per heavy atom. The quantitative estimate of drug-likeness (QED) is 0.817. The van der Waals surface area contributed by atoms with Gasteiger partial charge in [0.25, 0.3) is 0 Å². The van der Waals surface area contributed by atoms with Gasteiger partial charge in [-0.1, -0.05) is 0 Å². The Labute approximate surface area is 123 Å². The number of hydrogen-bond acceptors (Lipinski definition) is 5. The summed E-state index contributed by atoms with van der Waals surface area (Å²) in [6.07, 6.45) is 1.61. The van der Waals surface area contributed by atoms with Crippen LogP contribution in [-0.4, -0.2) is 58.5 Å². The number of aromatic nitrogens is 2. The van der Waals surface area contributed by atoms with Gasteiger partial charge in [-0.2, -0.15) is 11.8 Å². The van der Waals surface area contributed by atoms with Crippen molar-refractivity contribution in [3.05, 3.63) is 17.6 Å². The molecule has 2 aliphatic rings. The van der Waals surface area contributed by atoms with Gasteiger partial charge in [0.2, 0.25) is 5.91 Å². The van der Waals surface area contributed by atoms with E-state index in [2.05, 4.69) is 14.9 Å².